The zero-order chi connectivity index (χ0) is 12.4. The molecule has 0 unspecified atom stereocenters. The van der Waals surface area contributed by atoms with Gasteiger partial charge in [-0.2, -0.15) is 0 Å². The summed E-state index contributed by atoms with van der Waals surface area (Å²) in [6.07, 6.45) is 0. The fourth-order valence-corrected chi connectivity index (χ4v) is 4.04. The number of benzene rings is 1. The Kier molecular flexibility index (Phi) is 4.15. The van der Waals surface area contributed by atoms with Crippen LogP contribution in [-0.2, 0) is 15.6 Å². The highest BCUT2D eigenvalue weighted by Gasteiger charge is 2.22. The molecule has 0 saturated carbocycles. The lowest BCUT2D eigenvalue weighted by Crippen LogP contribution is -2.40. The smallest absolute Gasteiger partial charge is 0.156 e. The van der Waals surface area contributed by atoms with Crippen LogP contribution in [0.5, 0.6) is 0 Å². The summed E-state index contributed by atoms with van der Waals surface area (Å²) in [6.45, 7) is 3.43. The highest BCUT2D eigenvalue weighted by Crippen LogP contribution is 2.19. The Balaban J connectivity index is 2.86. The van der Waals surface area contributed by atoms with Crippen molar-refractivity contribution in [3.05, 3.63) is 34.3 Å². The first-order valence-corrected chi connectivity index (χ1v) is 7.54. The minimum absolute atomic E-state index is 0.0126. The lowest BCUT2D eigenvalue weighted by molar-refractivity contribution is 0.544. The van der Waals surface area contributed by atoms with Gasteiger partial charge in [-0.15, -0.1) is 0 Å². The highest BCUT2D eigenvalue weighted by molar-refractivity contribution is 9.10. The first-order chi connectivity index (χ1) is 7.20. The van der Waals surface area contributed by atoms with E-state index in [1.165, 1.54) is 0 Å². The molecule has 0 radical (unpaired) electrons. The Morgan fingerprint density at radius 1 is 1.31 bits per heavy atom. The summed E-state index contributed by atoms with van der Waals surface area (Å²) in [7, 11) is -3.17. The third-order valence-corrected chi connectivity index (χ3v) is 4.63. The van der Waals surface area contributed by atoms with Crippen LogP contribution in [0.25, 0.3) is 0 Å². The standard InChI is InChI=1S/C11H16BrNO2S/c1-11(2,13)8-16(14,15)7-9-5-3-4-6-10(9)12/h3-6H,7-8,13H2,1-2H3. The summed E-state index contributed by atoms with van der Waals surface area (Å²) in [5.41, 5.74) is 5.80. The van der Waals surface area contributed by atoms with E-state index in [1.807, 2.05) is 18.2 Å². The molecule has 3 nitrogen and oxygen atoms in total. The minimum Gasteiger partial charge on any atom is -0.325 e. The molecule has 0 aliphatic rings. The molecule has 0 bridgehead atoms. The van der Waals surface area contributed by atoms with Crippen LogP contribution >= 0.6 is 15.9 Å². The summed E-state index contributed by atoms with van der Waals surface area (Å²) < 4.78 is 24.5. The Bertz CT molecular complexity index is 463. The minimum atomic E-state index is -3.17. The third kappa shape index (κ3) is 4.63. The lowest BCUT2D eigenvalue weighted by atomic mass is 10.1. The molecule has 5 heteroatoms. The van der Waals surface area contributed by atoms with Crippen LogP contribution in [0.3, 0.4) is 0 Å². The van der Waals surface area contributed by atoms with E-state index in [4.69, 9.17) is 5.73 Å². The molecule has 0 fully saturated rings. The fraction of sp³-hybridized carbons (Fsp3) is 0.455. The monoisotopic (exact) mass is 305 g/mol. The summed E-state index contributed by atoms with van der Waals surface area (Å²) in [6, 6.07) is 7.31. The van der Waals surface area contributed by atoms with E-state index in [9.17, 15) is 8.42 Å². The second kappa shape index (κ2) is 4.85. The van der Waals surface area contributed by atoms with Crippen LogP contribution < -0.4 is 5.73 Å². The second-order valence-corrected chi connectivity index (χ2v) is 7.53. The van der Waals surface area contributed by atoms with E-state index in [0.29, 0.717) is 0 Å². The predicted molar refractivity (Wildman–Crippen MR) is 69.9 cm³/mol. The van der Waals surface area contributed by atoms with Crippen molar-refractivity contribution in [2.24, 2.45) is 5.73 Å². The molecule has 0 aromatic heterocycles. The lowest BCUT2D eigenvalue weighted by Gasteiger charge is -2.18. The second-order valence-electron chi connectivity index (χ2n) is 4.61. The van der Waals surface area contributed by atoms with Crippen molar-refractivity contribution in [1.29, 1.82) is 0 Å². The van der Waals surface area contributed by atoms with Crippen LogP contribution in [0.2, 0.25) is 0 Å². The van der Waals surface area contributed by atoms with Crippen LogP contribution in [0.4, 0.5) is 0 Å². The quantitative estimate of drug-likeness (QED) is 0.926. The SMILES string of the molecule is CC(C)(N)CS(=O)(=O)Cc1ccccc1Br. The van der Waals surface area contributed by atoms with Gasteiger partial charge in [-0.1, -0.05) is 34.1 Å². The van der Waals surface area contributed by atoms with Gasteiger partial charge in [-0.25, -0.2) is 8.42 Å². The molecule has 1 aromatic carbocycles. The van der Waals surface area contributed by atoms with Gasteiger partial charge in [0.25, 0.3) is 0 Å². The van der Waals surface area contributed by atoms with Gasteiger partial charge < -0.3 is 5.73 Å². The van der Waals surface area contributed by atoms with Crippen LogP contribution in [0.1, 0.15) is 19.4 Å². The zero-order valence-electron chi connectivity index (χ0n) is 9.40. The molecule has 0 heterocycles. The van der Waals surface area contributed by atoms with Crippen molar-refractivity contribution >= 4 is 25.8 Å². The van der Waals surface area contributed by atoms with Crippen molar-refractivity contribution < 1.29 is 8.42 Å². The van der Waals surface area contributed by atoms with E-state index in [2.05, 4.69) is 15.9 Å². The van der Waals surface area contributed by atoms with Crippen LogP contribution in [0, 0.1) is 0 Å². The summed E-state index contributed by atoms with van der Waals surface area (Å²) in [4.78, 5) is 0. The number of hydrogen-bond donors (Lipinski definition) is 1. The van der Waals surface area contributed by atoms with E-state index < -0.39 is 15.4 Å². The molecular formula is C11H16BrNO2S. The number of hydrogen-bond acceptors (Lipinski definition) is 3. The zero-order valence-corrected chi connectivity index (χ0v) is 11.8. The van der Waals surface area contributed by atoms with Gasteiger partial charge >= 0.3 is 0 Å². The molecule has 2 N–H and O–H groups in total. The maximum atomic E-state index is 11.9. The molecule has 16 heavy (non-hydrogen) atoms. The van der Waals surface area contributed by atoms with Crippen molar-refractivity contribution in [2.45, 2.75) is 25.1 Å². The van der Waals surface area contributed by atoms with Crippen molar-refractivity contribution in [2.75, 3.05) is 5.75 Å². The average molecular weight is 306 g/mol. The number of rotatable bonds is 4. The fourth-order valence-electron chi connectivity index (χ4n) is 1.47. The van der Waals surface area contributed by atoms with E-state index in [0.717, 1.165) is 10.0 Å². The summed E-state index contributed by atoms with van der Waals surface area (Å²) >= 11 is 3.33. The molecular weight excluding hydrogens is 290 g/mol. The first kappa shape index (κ1) is 13.7. The van der Waals surface area contributed by atoms with Gasteiger partial charge in [0.1, 0.15) is 0 Å². The van der Waals surface area contributed by atoms with Gasteiger partial charge in [-0.05, 0) is 25.5 Å². The van der Waals surface area contributed by atoms with Gasteiger partial charge in [0, 0.05) is 10.0 Å². The Morgan fingerprint density at radius 2 is 1.88 bits per heavy atom. The maximum Gasteiger partial charge on any atom is 0.156 e. The highest BCUT2D eigenvalue weighted by atomic mass is 79.9. The average Bonchev–Trinajstić information content (AvgIpc) is 2.04. The Morgan fingerprint density at radius 3 is 2.38 bits per heavy atom. The first-order valence-electron chi connectivity index (χ1n) is 4.92. The van der Waals surface area contributed by atoms with Gasteiger partial charge in [-0.3, -0.25) is 0 Å². The van der Waals surface area contributed by atoms with E-state index >= 15 is 0 Å². The predicted octanol–water partition coefficient (Wildman–Crippen LogP) is 2.10. The van der Waals surface area contributed by atoms with E-state index in [1.54, 1.807) is 19.9 Å². The van der Waals surface area contributed by atoms with Gasteiger partial charge in [0.15, 0.2) is 9.84 Å². The van der Waals surface area contributed by atoms with E-state index in [-0.39, 0.29) is 11.5 Å². The molecule has 1 aromatic rings. The summed E-state index contributed by atoms with van der Waals surface area (Å²) in [5.74, 6) is 0.0103. The molecule has 0 saturated heterocycles. The van der Waals surface area contributed by atoms with Crippen molar-refractivity contribution in [3.8, 4) is 0 Å². The molecule has 0 spiro atoms. The van der Waals surface area contributed by atoms with Gasteiger partial charge in [0.2, 0.25) is 0 Å². The topological polar surface area (TPSA) is 60.2 Å². The van der Waals surface area contributed by atoms with Crippen LogP contribution in [0.15, 0.2) is 28.7 Å². The largest absolute Gasteiger partial charge is 0.325 e. The maximum absolute atomic E-state index is 11.9. The molecule has 0 aliphatic carbocycles. The third-order valence-electron chi connectivity index (χ3n) is 1.93. The van der Waals surface area contributed by atoms with Gasteiger partial charge in [0.05, 0.1) is 11.5 Å². The Labute approximate surface area is 105 Å². The molecule has 90 valence electrons. The summed E-state index contributed by atoms with van der Waals surface area (Å²) in [5, 5.41) is 0. The molecule has 1 rings (SSSR count). The van der Waals surface area contributed by atoms with Crippen molar-refractivity contribution in [1.82, 2.24) is 0 Å². The number of nitrogens with two attached hydrogens (primary N) is 1. The number of sulfone groups is 1. The number of halogens is 1. The normalized spacial score (nSPS) is 12.8. The molecule has 0 aliphatic heterocycles. The Hall–Kier alpha value is -0.390. The van der Waals surface area contributed by atoms with Crippen LogP contribution in [-0.4, -0.2) is 19.7 Å². The molecule has 0 amide bonds. The van der Waals surface area contributed by atoms with Crippen molar-refractivity contribution in [3.63, 3.8) is 0 Å². The molecule has 0 atom stereocenters.